The Hall–Kier alpha value is -1.70. The second-order valence-corrected chi connectivity index (χ2v) is 8.25. The highest BCUT2D eigenvalue weighted by Gasteiger charge is 2.27. The molecule has 0 unspecified atom stereocenters. The fourth-order valence-electron chi connectivity index (χ4n) is 3.14. The largest absolute Gasteiger partial charge is 0.360 e. The zero-order valence-corrected chi connectivity index (χ0v) is 14.7. The Balaban J connectivity index is 1.61. The van der Waals surface area contributed by atoms with Crippen LogP contribution in [0.5, 0.6) is 0 Å². The van der Waals surface area contributed by atoms with Crippen molar-refractivity contribution in [3.05, 3.63) is 36.0 Å². The number of fused-ring (bicyclic) bond motifs is 1. The van der Waals surface area contributed by atoms with Gasteiger partial charge in [0.1, 0.15) is 0 Å². The number of rotatable bonds is 6. The van der Waals surface area contributed by atoms with E-state index in [2.05, 4.69) is 4.98 Å². The minimum Gasteiger partial charge on any atom is -0.360 e. The number of hydrogen-bond acceptors (Lipinski definition) is 4. The number of carbonyl (C=O) groups is 1. The molecule has 130 valence electrons. The van der Waals surface area contributed by atoms with Gasteiger partial charge in [0.15, 0.2) is 5.78 Å². The van der Waals surface area contributed by atoms with E-state index in [1.54, 1.807) is 10.5 Å². The van der Waals surface area contributed by atoms with Crippen LogP contribution in [0.1, 0.15) is 23.7 Å². The lowest BCUT2D eigenvalue weighted by Crippen LogP contribution is -2.50. The van der Waals surface area contributed by atoms with Gasteiger partial charge in [-0.15, -0.1) is 0 Å². The number of sulfonamides is 1. The number of aromatic amines is 1. The van der Waals surface area contributed by atoms with Crippen molar-refractivity contribution in [1.82, 2.24) is 14.2 Å². The van der Waals surface area contributed by atoms with E-state index >= 15 is 0 Å². The second kappa shape index (κ2) is 7.04. The van der Waals surface area contributed by atoms with E-state index in [0.717, 1.165) is 10.9 Å². The molecule has 1 N–H and O–H groups in total. The average molecular weight is 349 g/mol. The molecule has 0 aliphatic carbocycles. The molecule has 0 atom stereocenters. The van der Waals surface area contributed by atoms with Gasteiger partial charge in [0.25, 0.3) is 0 Å². The first-order valence-corrected chi connectivity index (χ1v) is 9.91. The molecule has 6 nitrogen and oxygen atoms in total. The predicted molar refractivity (Wildman–Crippen MR) is 94.7 cm³/mol. The van der Waals surface area contributed by atoms with Crippen molar-refractivity contribution in [2.75, 3.05) is 38.5 Å². The molecule has 1 fully saturated rings. The minimum absolute atomic E-state index is 0.0670. The fourth-order valence-corrected chi connectivity index (χ4v) is 4.64. The summed E-state index contributed by atoms with van der Waals surface area (Å²) in [5, 5.41) is 0.937. The summed E-state index contributed by atoms with van der Waals surface area (Å²) in [4.78, 5) is 17.7. The third-order valence-corrected chi connectivity index (χ3v) is 6.52. The highest BCUT2D eigenvalue weighted by atomic mass is 32.2. The molecule has 1 aromatic carbocycles. The molecular formula is C17H23N3O3S. The summed E-state index contributed by atoms with van der Waals surface area (Å²) in [6.07, 6.45) is 2.39. The van der Waals surface area contributed by atoms with Gasteiger partial charge in [-0.2, -0.15) is 4.31 Å². The van der Waals surface area contributed by atoms with E-state index in [4.69, 9.17) is 0 Å². The van der Waals surface area contributed by atoms with E-state index in [1.807, 2.05) is 36.1 Å². The first kappa shape index (κ1) is 17.1. The lowest BCUT2D eigenvalue weighted by Gasteiger charge is -2.33. The molecule has 1 aromatic heterocycles. The first-order chi connectivity index (χ1) is 11.5. The normalized spacial score (nSPS) is 17.4. The summed E-state index contributed by atoms with van der Waals surface area (Å²) in [6.45, 7) is 4.30. The van der Waals surface area contributed by atoms with Crippen LogP contribution >= 0.6 is 0 Å². The van der Waals surface area contributed by atoms with Crippen molar-refractivity contribution in [2.45, 2.75) is 13.3 Å². The maximum absolute atomic E-state index is 12.6. The first-order valence-electron chi connectivity index (χ1n) is 8.31. The Morgan fingerprint density at radius 1 is 1.17 bits per heavy atom. The Labute approximate surface area is 142 Å². The number of ketones is 1. The highest BCUT2D eigenvalue weighted by molar-refractivity contribution is 7.89. The monoisotopic (exact) mass is 349 g/mol. The lowest BCUT2D eigenvalue weighted by molar-refractivity contribution is 0.0903. The van der Waals surface area contributed by atoms with Gasteiger partial charge in [0.05, 0.1) is 12.3 Å². The van der Waals surface area contributed by atoms with Crippen LogP contribution in [0.2, 0.25) is 0 Å². The molecule has 7 heteroatoms. The summed E-state index contributed by atoms with van der Waals surface area (Å²) >= 11 is 0. The molecule has 2 heterocycles. The third-order valence-electron chi connectivity index (χ3n) is 4.44. The molecule has 1 aliphatic rings. The summed E-state index contributed by atoms with van der Waals surface area (Å²) in [5.74, 6) is 0.263. The zero-order valence-electron chi connectivity index (χ0n) is 13.9. The number of Topliss-reactive ketones (excluding diaryl/α,β-unsaturated/α-hetero) is 1. The molecule has 1 aliphatic heterocycles. The topological polar surface area (TPSA) is 73.5 Å². The Morgan fingerprint density at radius 2 is 1.88 bits per heavy atom. The smallest absolute Gasteiger partial charge is 0.214 e. The van der Waals surface area contributed by atoms with Crippen molar-refractivity contribution in [3.8, 4) is 0 Å². The average Bonchev–Trinajstić information content (AvgIpc) is 2.99. The van der Waals surface area contributed by atoms with E-state index in [0.29, 0.717) is 44.7 Å². The molecule has 24 heavy (non-hydrogen) atoms. The summed E-state index contributed by atoms with van der Waals surface area (Å²) in [7, 11) is -3.14. The molecule has 3 rings (SSSR count). The number of H-pyrrole nitrogens is 1. The van der Waals surface area contributed by atoms with E-state index in [9.17, 15) is 13.2 Å². The number of nitrogens with zero attached hydrogens (tertiary/aromatic N) is 2. The van der Waals surface area contributed by atoms with Crippen molar-refractivity contribution in [3.63, 3.8) is 0 Å². The predicted octanol–water partition coefficient (Wildman–Crippen LogP) is 1.71. The molecular weight excluding hydrogens is 326 g/mol. The molecule has 0 saturated carbocycles. The van der Waals surface area contributed by atoms with Gasteiger partial charge < -0.3 is 4.98 Å². The second-order valence-electron chi connectivity index (χ2n) is 6.16. The Morgan fingerprint density at radius 3 is 2.58 bits per heavy atom. The maximum Gasteiger partial charge on any atom is 0.214 e. The molecule has 0 bridgehead atoms. The van der Waals surface area contributed by atoms with Crippen molar-refractivity contribution < 1.29 is 13.2 Å². The SMILES string of the molecule is CCCS(=O)(=O)N1CCN(CC(=O)c2c[nH]c3ccccc23)CC1. The number of piperazine rings is 1. The van der Waals surface area contributed by atoms with Gasteiger partial charge in [-0.3, -0.25) is 9.69 Å². The summed E-state index contributed by atoms with van der Waals surface area (Å²) in [5.41, 5.74) is 1.66. The maximum atomic E-state index is 12.6. The van der Waals surface area contributed by atoms with Gasteiger partial charge in [-0.25, -0.2) is 8.42 Å². The Bertz CT molecular complexity index is 820. The quantitative estimate of drug-likeness (QED) is 0.806. The number of nitrogens with one attached hydrogen (secondary N) is 1. The van der Waals surface area contributed by atoms with Gasteiger partial charge in [-0.1, -0.05) is 25.1 Å². The van der Waals surface area contributed by atoms with Crippen LogP contribution in [0.4, 0.5) is 0 Å². The van der Waals surface area contributed by atoms with Crippen LogP contribution in [-0.2, 0) is 10.0 Å². The van der Waals surface area contributed by atoms with Crippen molar-refractivity contribution in [1.29, 1.82) is 0 Å². The van der Waals surface area contributed by atoms with Crippen LogP contribution in [0, 0.1) is 0 Å². The number of para-hydroxylation sites is 1. The molecule has 0 radical (unpaired) electrons. The van der Waals surface area contributed by atoms with Crippen LogP contribution < -0.4 is 0 Å². The molecule has 0 spiro atoms. The van der Waals surface area contributed by atoms with Gasteiger partial charge in [-0.05, 0) is 12.5 Å². The van der Waals surface area contributed by atoms with E-state index in [-0.39, 0.29) is 11.5 Å². The number of benzene rings is 1. The fraction of sp³-hybridized carbons (Fsp3) is 0.471. The zero-order chi connectivity index (χ0) is 17.2. The van der Waals surface area contributed by atoms with Crippen LogP contribution in [-0.4, -0.2) is 66.9 Å². The van der Waals surface area contributed by atoms with E-state index in [1.165, 1.54) is 0 Å². The third kappa shape index (κ3) is 3.53. The van der Waals surface area contributed by atoms with Crippen LogP contribution in [0.15, 0.2) is 30.5 Å². The van der Waals surface area contributed by atoms with Crippen molar-refractivity contribution in [2.24, 2.45) is 0 Å². The summed E-state index contributed by atoms with van der Waals surface area (Å²) in [6, 6.07) is 7.74. The van der Waals surface area contributed by atoms with Gasteiger partial charge in [0.2, 0.25) is 10.0 Å². The molecule has 0 amide bonds. The van der Waals surface area contributed by atoms with Crippen LogP contribution in [0.25, 0.3) is 10.9 Å². The number of carbonyl (C=O) groups excluding carboxylic acids is 1. The number of aromatic nitrogens is 1. The van der Waals surface area contributed by atoms with Crippen LogP contribution in [0.3, 0.4) is 0 Å². The van der Waals surface area contributed by atoms with Gasteiger partial charge >= 0.3 is 0 Å². The number of hydrogen-bond donors (Lipinski definition) is 1. The Kier molecular flexibility index (Phi) is 5.03. The van der Waals surface area contributed by atoms with Crippen molar-refractivity contribution >= 4 is 26.7 Å². The minimum atomic E-state index is -3.14. The molecule has 1 saturated heterocycles. The summed E-state index contributed by atoms with van der Waals surface area (Å²) < 4.78 is 25.7. The molecule has 2 aromatic rings. The van der Waals surface area contributed by atoms with E-state index < -0.39 is 10.0 Å². The standard InChI is InChI=1S/C17H23N3O3S/c1-2-11-24(22,23)20-9-7-19(8-10-20)13-17(21)15-12-18-16-6-4-3-5-14(15)16/h3-6,12,18H,2,7-11,13H2,1H3. The highest BCUT2D eigenvalue weighted by Crippen LogP contribution is 2.19. The van der Waals surface area contributed by atoms with Gasteiger partial charge in [0, 0.05) is 48.8 Å². The lowest BCUT2D eigenvalue weighted by atomic mass is 10.1.